The zero-order valence-electron chi connectivity index (χ0n) is 79.5. The Morgan fingerprint density at radius 3 is 0.735 bits per heavy atom. The monoisotopic (exact) mass is 1870 g/mol. The van der Waals surface area contributed by atoms with E-state index in [0.29, 0.717) is 0 Å². The van der Waals surface area contributed by atoms with Crippen LogP contribution in [0.1, 0.15) is 0 Å². The van der Waals surface area contributed by atoms with Gasteiger partial charge in [-0.25, -0.2) is 4.98 Å². The summed E-state index contributed by atoms with van der Waals surface area (Å²) < 4.78 is 21.5. The first kappa shape index (κ1) is 82.9. The quantitative estimate of drug-likeness (QED) is 0.129. The molecule has 0 bridgehead atoms. The van der Waals surface area contributed by atoms with Gasteiger partial charge in [0.2, 0.25) is 0 Å². The van der Waals surface area contributed by atoms with E-state index in [1.165, 1.54) is 170 Å². The largest absolute Gasteiger partial charge is 0.309 e. The minimum Gasteiger partial charge on any atom is -0.309 e. The fraction of sp³-hybridized carbons (Fsp3) is 0. The van der Waals surface area contributed by atoms with E-state index >= 15 is 0 Å². The first-order valence-electron chi connectivity index (χ1n) is 50.1. The average molecular weight is 1880 g/mol. The highest BCUT2D eigenvalue weighted by atomic mass is 15.1. The first-order valence-corrected chi connectivity index (χ1v) is 50.1. The molecule has 0 aliphatic heterocycles. The molecule has 20 aromatic carbocycles. The summed E-state index contributed by atoms with van der Waals surface area (Å²) in [5, 5.41) is 20.9. The maximum absolute atomic E-state index is 4.90. The Labute approximate surface area is 842 Å². The van der Waals surface area contributed by atoms with Gasteiger partial charge in [-0.15, -0.1) is 0 Å². The van der Waals surface area contributed by atoms with E-state index in [4.69, 9.17) is 9.97 Å². The van der Waals surface area contributed by atoms with Gasteiger partial charge in [-0.1, -0.05) is 267 Å². The van der Waals surface area contributed by atoms with Crippen molar-refractivity contribution in [1.29, 1.82) is 0 Å². The number of nitrogens with zero attached hydrogens (tertiary/aromatic N) is 12. The Morgan fingerprint density at radius 2 is 0.361 bits per heavy atom. The second-order valence-corrected chi connectivity index (χ2v) is 38.1. The highest BCUT2D eigenvalue weighted by Crippen LogP contribution is 2.50. The van der Waals surface area contributed by atoms with E-state index in [9.17, 15) is 0 Å². The molecule has 0 saturated heterocycles. The second-order valence-electron chi connectivity index (χ2n) is 38.1. The SMILES string of the molecule is c1ccc(-c2ccc(-n3c4ccccc4c4c5c6ccccc6n(-c6ccc7c(c6)c6cnccc6n7-c6ccccc6)c5ccc43)cc2)cc1.c1ccc(-c2ccc(-n3c4ccccc4c4c5c6ccccc6n(-c6ccc7c(c6)c6ncccc6n7-c6ccccc6)c5ccc43)cc2)cc1.c1ccc(-n2c3ccccc3c3c4c5ccccc5n(-c5ccc6c(c5)c5cccnc5n6-c5ccccc5)c4ccc32)cc1. The summed E-state index contributed by atoms with van der Waals surface area (Å²) >= 11 is 0. The lowest BCUT2D eigenvalue weighted by Crippen LogP contribution is -1.96. The molecule has 0 unspecified atom stereocenters. The van der Waals surface area contributed by atoms with Crippen molar-refractivity contribution in [2.75, 3.05) is 0 Å². The Bertz CT molecular complexity index is 10500. The smallest absolute Gasteiger partial charge is 0.145 e. The Kier molecular flexibility index (Phi) is 18.8. The third kappa shape index (κ3) is 12.8. The van der Waals surface area contributed by atoms with E-state index < -0.39 is 0 Å². The summed E-state index contributed by atoms with van der Waals surface area (Å²) in [6, 6.07) is 179. The normalized spacial score (nSPS) is 11.9. The van der Waals surface area contributed by atoms with Crippen molar-refractivity contribution in [1.82, 2.24) is 56.1 Å². The first-order chi connectivity index (χ1) is 73.0. The van der Waals surface area contributed by atoms with Crippen molar-refractivity contribution in [3.63, 3.8) is 0 Å². The summed E-state index contributed by atoms with van der Waals surface area (Å²) in [5.41, 5.74) is 37.1. The number of benzene rings is 20. The van der Waals surface area contributed by atoms with Crippen LogP contribution >= 0.6 is 0 Å². The number of hydrogen-bond donors (Lipinski definition) is 0. The van der Waals surface area contributed by atoms with Gasteiger partial charge in [0.05, 0.1) is 99.3 Å². The van der Waals surface area contributed by atoms with Gasteiger partial charge in [-0.2, -0.15) is 0 Å². The molecule has 147 heavy (non-hydrogen) atoms. The molecule has 0 aliphatic carbocycles. The highest BCUT2D eigenvalue weighted by molar-refractivity contribution is 6.32. The van der Waals surface area contributed by atoms with Gasteiger partial charge in [0, 0.05) is 168 Å². The molecule has 0 atom stereocenters. The predicted octanol–water partition coefficient (Wildman–Crippen LogP) is 34.5. The molecule has 0 saturated carbocycles. The summed E-state index contributed by atoms with van der Waals surface area (Å²) in [4.78, 5) is 14.3. The van der Waals surface area contributed by atoms with Gasteiger partial charge in [0.1, 0.15) is 5.65 Å². The molecule has 12 heterocycles. The van der Waals surface area contributed by atoms with Gasteiger partial charge in [-0.05, 0) is 253 Å². The molecule has 0 radical (unpaired) electrons. The molecule has 32 rings (SSSR count). The van der Waals surface area contributed by atoms with Crippen LogP contribution in [0.15, 0.2) is 522 Å². The lowest BCUT2D eigenvalue weighted by molar-refractivity contribution is 1.13. The van der Waals surface area contributed by atoms with E-state index in [0.717, 1.165) is 100 Å². The van der Waals surface area contributed by atoms with Crippen molar-refractivity contribution >= 4 is 197 Å². The van der Waals surface area contributed by atoms with Crippen LogP contribution in [0.5, 0.6) is 0 Å². The van der Waals surface area contributed by atoms with Gasteiger partial charge >= 0.3 is 0 Å². The van der Waals surface area contributed by atoms with E-state index in [1.54, 1.807) is 0 Å². The molecule has 0 spiro atoms. The van der Waals surface area contributed by atoms with Crippen LogP contribution in [0.25, 0.3) is 270 Å². The summed E-state index contributed by atoms with van der Waals surface area (Å²) in [6.45, 7) is 0. The fourth-order valence-electron chi connectivity index (χ4n) is 24.1. The van der Waals surface area contributed by atoms with Crippen molar-refractivity contribution in [2.24, 2.45) is 0 Å². The van der Waals surface area contributed by atoms with Crippen LogP contribution in [-0.4, -0.2) is 56.1 Å². The molecule has 12 nitrogen and oxygen atoms in total. The van der Waals surface area contributed by atoms with E-state index in [2.05, 4.69) is 531 Å². The molecular formula is C135H86N12. The van der Waals surface area contributed by atoms with Gasteiger partial charge in [0.15, 0.2) is 0 Å². The van der Waals surface area contributed by atoms with Crippen LogP contribution in [0.2, 0.25) is 0 Å². The molecule has 686 valence electrons. The van der Waals surface area contributed by atoms with Crippen LogP contribution < -0.4 is 0 Å². The van der Waals surface area contributed by atoms with Crippen molar-refractivity contribution in [3.8, 4) is 73.4 Å². The fourth-order valence-corrected chi connectivity index (χ4v) is 24.1. The zero-order chi connectivity index (χ0) is 96.4. The van der Waals surface area contributed by atoms with E-state index in [1.807, 2.05) is 36.9 Å². The van der Waals surface area contributed by atoms with Crippen molar-refractivity contribution < 1.29 is 0 Å². The third-order valence-corrected chi connectivity index (χ3v) is 30.3. The minimum absolute atomic E-state index is 0.966. The number of aromatic nitrogens is 12. The average Bonchev–Trinajstić information content (AvgIpc) is 1.55. The topological polar surface area (TPSA) is 83.0 Å². The van der Waals surface area contributed by atoms with Crippen LogP contribution in [0, 0.1) is 0 Å². The highest BCUT2D eigenvalue weighted by Gasteiger charge is 2.28. The summed E-state index contributed by atoms with van der Waals surface area (Å²) in [6.07, 6.45) is 7.66. The molecule has 0 amide bonds. The van der Waals surface area contributed by atoms with Gasteiger partial charge in [-0.3, -0.25) is 14.5 Å². The number of hydrogen-bond acceptors (Lipinski definition) is 3. The standard InChI is InChI=1S/2C47H30N4.C41H26N4/c1-3-12-31(13-4-1)32-21-23-34(24-22-32)49-39-18-9-7-16-36(39)45-42(49)27-28-43-46(45)37-17-8-10-19-40(37)51(43)35-25-26-41-38(30-35)47-44(20-11-29-48-47)50(41)33-14-5-2-6-15-33;1-3-11-31(12-4-1)32-19-21-34(22-20-32)50-40-17-9-7-15-36(40)46-44(50)25-26-45-47(46)37-16-8-10-18-41(37)51(45)35-23-24-42-38(29-35)39-30-48-28-27-43(39)49(42)33-13-5-2-6-14-33;1-3-12-27(13-4-1)43-34-19-9-7-16-31(34)39-37(43)23-24-38-40(39)32-17-8-10-20-35(32)44(38)29-21-22-36-33(26-29)30-18-11-25-42-41(30)45(36)28-14-5-2-6-15-28/h2*1-30H;1-26H. The number of pyridine rings is 3. The lowest BCUT2D eigenvalue weighted by Gasteiger charge is -2.11. The van der Waals surface area contributed by atoms with Crippen LogP contribution in [-0.2, 0) is 0 Å². The summed E-state index contributed by atoms with van der Waals surface area (Å²) in [7, 11) is 0. The van der Waals surface area contributed by atoms with Crippen molar-refractivity contribution in [3.05, 3.63) is 522 Å². The van der Waals surface area contributed by atoms with Crippen LogP contribution in [0.3, 0.4) is 0 Å². The minimum atomic E-state index is 0.966. The number of rotatable bonds is 11. The lowest BCUT2D eigenvalue weighted by atomic mass is 10.1. The number of para-hydroxylation sites is 10. The third-order valence-electron chi connectivity index (χ3n) is 30.3. The molecular weight excluding hydrogens is 1790 g/mol. The second kappa shape index (κ2) is 33.4. The van der Waals surface area contributed by atoms with Crippen LogP contribution in [0.4, 0.5) is 0 Å². The maximum Gasteiger partial charge on any atom is 0.145 e. The van der Waals surface area contributed by atoms with Gasteiger partial charge in [0.25, 0.3) is 0 Å². The van der Waals surface area contributed by atoms with E-state index in [-0.39, 0.29) is 0 Å². The van der Waals surface area contributed by atoms with Gasteiger partial charge < -0.3 is 36.5 Å². The molecule has 12 aromatic heterocycles. The predicted molar refractivity (Wildman–Crippen MR) is 613 cm³/mol. The zero-order valence-corrected chi connectivity index (χ0v) is 79.5. The molecule has 0 fully saturated rings. The Hall–Kier alpha value is -20.0. The molecule has 32 aromatic rings. The molecule has 0 aliphatic rings. The molecule has 12 heteroatoms. The number of fused-ring (bicyclic) bond motifs is 30. The molecule has 0 N–H and O–H groups in total. The Morgan fingerprint density at radius 1 is 0.129 bits per heavy atom. The van der Waals surface area contributed by atoms with Crippen molar-refractivity contribution in [2.45, 2.75) is 0 Å². The maximum atomic E-state index is 4.90. The Balaban J connectivity index is 0.000000102. The summed E-state index contributed by atoms with van der Waals surface area (Å²) in [5.74, 6) is 0.